The number of piperidine rings is 1. The lowest BCUT2D eigenvalue weighted by Crippen LogP contribution is -2.49. The summed E-state index contributed by atoms with van der Waals surface area (Å²) in [6, 6.07) is 5.76. The van der Waals surface area contributed by atoms with Crippen LogP contribution < -0.4 is 10.2 Å². The minimum Gasteiger partial charge on any atom is -0.465 e. The Kier molecular flexibility index (Phi) is 5.36. The molecule has 4 amide bonds. The summed E-state index contributed by atoms with van der Waals surface area (Å²) < 4.78 is 1.77. The van der Waals surface area contributed by atoms with Crippen LogP contribution in [0.25, 0.3) is 10.9 Å². The first-order chi connectivity index (χ1) is 14.7. The maximum atomic E-state index is 12.3. The lowest BCUT2D eigenvalue weighted by Gasteiger charge is -2.40. The molecule has 2 N–H and O–H groups in total. The van der Waals surface area contributed by atoms with Crippen LogP contribution in [0.15, 0.2) is 18.2 Å². The summed E-state index contributed by atoms with van der Waals surface area (Å²) in [5.74, 6) is 0.755. The summed E-state index contributed by atoms with van der Waals surface area (Å²) >= 11 is 0. The number of urea groups is 1. The molecule has 2 fully saturated rings. The monoisotopic (exact) mass is 427 g/mol. The largest absolute Gasteiger partial charge is 0.465 e. The molecule has 2 saturated heterocycles. The number of benzene rings is 1. The maximum absolute atomic E-state index is 12.3. The molecule has 166 valence electrons. The zero-order valence-corrected chi connectivity index (χ0v) is 18.2. The number of aromatic nitrogens is 2. The highest BCUT2D eigenvalue weighted by Gasteiger charge is 2.34. The van der Waals surface area contributed by atoms with E-state index >= 15 is 0 Å². The molecule has 3 heterocycles. The van der Waals surface area contributed by atoms with Gasteiger partial charge in [0.1, 0.15) is 0 Å². The number of carbonyl (C=O) groups excluding carboxylic acids is 2. The molecule has 4 rings (SSSR count). The molecule has 0 spiro atoms. The summed E-state index contributed by atoms with van der Waals surface area (Å²) in [5, 5.41) is 17.0. The van der Waals surface area contributed by atoms with Crippen molar-refractivity contribution in [2.24, 2.45) is 18.4 Å². The Bertz CT molecular complexity index is 1040. The van der Waals surface area contributed by atoms with Crippen LogP contribution in [-0.2, 0) is 18.3 Å². The minimum absolute atomic E-state index is 0.0345. The highest BCUT2D eigenvalue weighted by molar-refractivity contribution is 6.08. The van der Waals surface area contributed by atoms with Gasteiger partial charge in [-0.1, -0.05) is 19.9 Å². The van der Waals surface area contributed by atoms with Gasteiger partial charge in [0, 0.05) is 38.5 Å². The number of carboxylic acid groups (broad SMARTS) is 1. The molecule has 1 aromatic heterocycles. The molecule has 0 saturated carbocycles. The van der Waals surface area contributed by atoms with E-state index in [1.165, 1.54) is 15.4 Å². The summed E-state index contributed by atoms with van der Waals surface area (Å²) in [7, 11) is 1.86. The molecular formula is C22H29N5O4. The summed E-state index contributed by atoms with van der Waals surface area (Å²) in [6.45, 7) is 6.01. The van der Waals surface area contributed by atoms with Crippen LogP contribution in [0.1, 0.15) is 38.7 Å². The number of hydrogen-bond acceptors (Lipinski definition) is 4. The van der Waals surface area contributed by atoms with E-state index in [2.05, 4.69) is 36.4 Å². The van der Waals surface area contributed by atoms with Crippen LogP contribution in [0.2, 0.25) is 0 Å². The predicted octanol–water partition coefficient (Wildman–Crippen LogP) is 2.98. The summed E-state index contributed by atoms with van der Waals surface area (Å²) in [5.41, 5.74) is 2.16. The van der Waals surface area contributed by atoms with Gasteiger partial charge in [0.15, 0.2) is 5.82 Å². The second-order valence-corrected chi connectivity index (χ2v) is 9.26. The zero-order chi connectivity index (χ0) is 22.3. The van der Waals surface area contributed by atoms with Gasteiger partial charge >= 0.3 is 12.1 Å². The smallest absolute Gasteiger partial charge is 0.407 e. The van der Waals surface area contributed by atoms with E-state index in [4.69, 9.17) is 0 Å². The van der Waals surface area contributed by atoms with Crippen molar-refractivity contribution < 1.29 is 19.5 Å². The summed E-state index contributed by atoms with van der Waals surface area (Å²) in [6.07, 6.45) is 2.05. The second kappa shape index (κ2) is 7.86. The molecule has 0 atom stereocenters. The first kappa shape index (κ1) is 21.1. The SMILES string of the molecule is Cn1nc(N2CCC(=O)NC2=O)c2ccc(CC(C)(C)C3CCN(C(=O)O)CC3)cc21. The standard InChI is InChI=1S/C22H29N5O4/c1-22(2,15-6-9-26(10-7-15)21(30)31)13-14-4-5-16-17(12-14)25(3)24-19(16)27-11-8-18(28)23-20(27)29/h4-5,12,15H,6-11,13H2,1-3H3,(H,30,31)(H,23,28,29). The number of aryl methyl sites for hydroxylation is 1. The van der Waals surface area contributed by atoms with E-state index in [0.717, 1.165) is 30.2 Å². The van der Waals surface area contributed by atoms with Gasteiger partial charge in [-0.2, -0.15) is 5.10 Å². The molecule has 0 aliphatic carbocycles. The fourth-order valence-corrected chi connectivity index (χ4v) is 4.88. The van der Waals surface area contributed by atoms with Crippen LogP contribution in [0.4, 0.5) is 15.4 Å². The van der Waals surface area contributed by atoms with Gasteiger partial charge < -0.3 is 10.0 Å². The van der Waals surface area contributed by atoms with Crippen LogP contribution in [0, 0.1) is 11.3 Å². The van der Waals surface area contributed by atoms with E-state index in [1.807, 2.05) is 13.1 Å². The number of fused-ring (bicyclic) bond motifs is 1. The van der Waals surface area contributed by atoms with Crippen LogP contribution in [0.3, 0.4) is 0 Å². The number of rotatable bonds is 4. The number of nitrogens with zero attached hydrogens (tertiary/aromatic N) is 4. The Labute approximate surface area is 181 Å². The van der Waals surface area contributed by atoms with Crippen molar-refractivity contribution in [3.05, 3.63) is 23.8 Å². The van der Waals surface area contributed by atoms with Crippen molar-refractivity contribution in [3.8, 4) is 0 Å². The first-order valence-electron chi connectivity index (χ1n) is 10.7. The van der Waals surface area contributed by atoms with Crippen molar-refractivity contribution in [2.45, 2.75) is 39.5 Å². The molecule has 9 nitrogen and oxygen atoms in total. The molecule has 1 aromatic carbocycles. The quantitative estimate of drug-likeness (QED) is 0.780. The Morgan fingerprint density at radius 2 is 1.94 bits per heavy atom. The zero-order valence-electron chi connectivity index (χ0n) is 18.2. The average molecular weight is 428 g/mol. The van der Waals surface area contributed by atoms with Crippen molar-refractivity contribution in [1.82, 2.24) is 20.0 Å². The minimum atomic E-state index is -0.833. The van der Waals surface area contributed by atoms with Gasteiger partial charge in [-0.05, 0) is 48.3 Å². The number of likely N-dealkylation sites (tertiary alicyclic amines) is 1. The third kappa shape index (κ3) is 4.08. The van der Waals surface area contributed by atoms with E-state index in [9.17, 15) is 19.5 Å². The number of hydrogen-bond donors (Lipinski definition) is 2. The number of amides is 4. The molecule has 31 heavy (non-hydrogen) atoms. The second-order valence-electron chi connectivity index (χ2n) is 9.26. The van der Waals surface area contributed by atoms with Gasteiger partial charge in [-0.15, -0.1) is 0 Å². The van der Waals surface area contributed by atoms with Gasteiger partial charge in [-0.25, -0.2) is 9.59 Å². The van der Waals surface area contributed by atoms with E-state index < -0.39 is 12.1 Å². The molecule has 0 bridgehead atoms. The Morgan fingerprint density at radius 3 is 2.58 bits per heavy atom. The number of nitrogens with one attached hydrogen (secondary N) is 1. The average Bonchev–Trinajstić information content (AvgIpc) is 3.03. The highest BCUT2D eigenvalue weighted by Crippen LogP contribution is 2.39. The Hall–Kier alpha value is -3.10. The Balaban J connectivity index is 1.53. The van der Waals surface area contributed by atoms with Crippen molar-refractivity contribution >= 4 is 34.8 Å². The molecule has 9 heteroatoms. The van der Waals surface area contributed by atoms with E-state index in [1.54, 1.807) is 4.68 Å². The van der Waals surface area contributed by atoms with Gasteiger partial charge in [0.05, 0.1) is 5.52 Å². The molecule has 0 radical (unpaired) electrons. The van der Waals surface area contributed by atoms with Gasteiger partial charge in [-0.3, -0.25) is 19.7 Å². The topological polar surface area (TPSA) is 108 Å². The van der Waals surface area contributed by atoms with Gasteiger partial charge in [0.2, 0.25) is 5.91 Å². The number of anilines is 1. The van der Waals surface area contributed by atoms with E-state index in [0.29, 0.717) is 31.4 Å². The molecule has 2 aliphatic rings. The van der Waals surface area contributed by atoms with Crippen LogP contribution >= 0.6 is 0 Å². The van der Waals surface area contributed by atoms with Crippen LogP contribution in [0.5, 0.6) is 0 Å². The molecular weight excluding hydrogens is 398 g/mol. The lowest BCUT2D eigenvalue weighted by atomic mass is 9.70. The molecule has 2 aromatic rings. The van der Waals surface area contributed by atoms with Crippen LogP contribution in [-0.4, -0.2) is 57.5 Å². The fraction of sp³-hybridized carbons (Fsp3) is 0.545. The predicted molar refractivity (Wildman–Crippen MR) is 116 cm³/mol. The molecule has 2 aliphatic heterocycles. The first-order valence-corrected chi connectivity index (χ1v) is 10.7. The van der Waals surface area contributed by atoms with E-state index in [-0.39, 0.29) is 17.7 Å². The normalized spacial score (nSPS) is 18.5. The fourth-order valence-electron chi connectivity index (χ4n) is 4.88. The third-order valence-electron chi connectivity index (χ3n) is 6.74. The van der Waals surface area contributed by atoms with Crippen molar-refractivity contribution in [2.75, 3.05) is 24.5 Å². The summed E-state index contributed by atoms with van der Waals surface area (Å²) in [4.78, 5) is 37.9. The third-order valence-corrected chi connectivity index (χ3v) is 6.74. The Morgan fingerprint density at radius 1 is 1.23 bits per heavy atom. The van der Waals surface area contributed by atoms with Crippen molar-refractivity contribution in [3.63, 3.8) is 0 Å². The highest BCUT2D eigenvalue weighted by atomic mass is 16.4. The lowest BCUT2D eigenvalue weighted by molar-refractivity contribution is -0.120. The van der Waals surface area contributed by atoms with Crippen molar-refractivity contribution in [1.29, 1.82) is 0 Å². The molecule has 0 unspecified atom stereocenters. The number of carbonyl (C=O) groups is 3. The number of imide groups is 1. The van der Waals surface area contributed by atoms with Gasteiger partial charge in [0.25, 0.3) is 0 Å². The maximum Gasteiger partial charge on any atom is 0.407 e.